The van der Waals surface area contributed by atoms with Gasteiger partial charge in [0.15, 0.2) is 5.69 Å². The third kappa shape index (κ3) is 4.38. The van der Waals surface area contributed by atoms with E-state index < -0.39 is 0 Å². The molecule has 3 rings (SSSR count). The first-order valence-corrected chi connectivity index (χ1v) is 8.63. The van der Waals surface area contributed by atoms with Crippen LogP contribution >= 0.6 is 0 Å². The zero-order valence-electron chi connectivity index (χ0n) is 15.3. The van der Waals surface area contributed by atoms with Gasteiger partial charge < -0.3 is 15.5 Å². The standard InChI is InChI=1S/C18H24N6O2/c1-18(2,3)20-17(26)23-10-14(11-23)24-12-15(21-22-24)16(25)19-9-13-7-5-4-6-8-13/h4-8,12,14H,9-11H2,1-3H3,(H,19,25)(H,20,26). The van der Waals surface area contributed by atoms with E-state index in [4.69, 9.17) is 0 Å². The molecule has 0 aliphatic carbocycles. The van der Waals surface area contributed by atoms with E-state index in [1.54, 1.807) is 15.8 Å². The van der Waals surface area contributed by atoms with Crippen LogP contribution in [-0.2, 0) is 6.54 Å². The van der Waals surface area contributed by atoms with Gasteiger partial charge in [-0.1, -0.05) is 35.5 Å². The maximum absolute atomic E-state index is 12.2. The highest BCUT2D eigenvalue weighted by molar-refractivity contribution is 5.91. The number of carbonyl (C=O) groups is 2. The Bertz CT molecular complexity index is 774. The monoisotopic (exact) mass is 356 g/mol. The van der Waals surface area contributed by atoms with E-state index in [1.807, 2.05) is 51.1 Å². The van der Waals surface area contributed by atoms with Gasteiger partial charge in [0.05, 0.1) is 12.2 Å². The third-order valence-electron chi connectivity index (χ3n) is 4.04. The molecular formula is C18H24N6O2. The predicted molar refractivity (Wildman–Crippen MR) is 96.5 cm³/mol. The smallest absolute Gasteiger partial charge is 0.317 e. The number of hydrogen-bond acceptors (Lipinski definition) is 4. The van der Waals surface area contributed by atoms with Crippen molar-refractivity contribution in [2.45, 2.75) is 38.9 Å². The van der Waals surface area contributed by atoms with Crippen molar-refractivity contribution < 1.29 is 9.59 Å². The fraction of sp³-hybridized carbons (Fsp3) is 0.444. The predicted octanol–water partition coefficient (Wildman–Crippen LogP) is 1.57. The highest BCUT2D eigenvalue weighted by Gasteiger charge is 2.34. The molecule has 26 heavy (non-hydrogen) atoms. The van der Waals surface area contributed by atoms with Crippen LogP contribution in [0.2, 0.25) is 0 Å². The first-order chi connectivity index (χ1) is 12.3. The van der Waals surface area contributed by atoms with Crippen molar-refractivity contribution in [3.8, 4) is 0 Å². The van der Waals surface area contributed by atoms with Gasteiger partial charge in [-0.15, -0.1) is 5.10 Å². The Morgan fingerprint density at radius 3 is 2.54 bits per heavy atom. The molecule has 1 saturated heterocycles. The molecule has 1 aromatic heterocycles. The highest BCUT2D eigenvalue weighted by atomic mass is 16.2. The first-order valence-electron chi connectivity index (χ1n) is 8.63. The maximum atomic E-state index is 12.2. The molecule has 2 aromatic rings. The molecule has 2 heterocycles. The Hall–Kier alpha value is -2.90. The molecule has 1 aromatic carbocycles. The summed E-state index contributed by atoms with van der Waals surface area (Å²) in [5, 5.41) is 13.7. The van der Waals surface area contributed by atoms with Crippen LogP contribution in [0.4, 0.5) is 4.79 Å². The lowest BCUT2D eigenvalue weighted by molar-refractivity contribution is 0.0944. The van der Waals surface area contributed by atoms with Gasteiger partial charge in [0.1, 0.15) is 0 Å². The second-order valence-corrected chi connectivity index (χ2v) is 7.49. The second kappa shape index (κ2) is 7.15. The highest BCUT2D eigenvalue weighted by Crippen LogP contribution is 2.20. The first kappa shape index (κ1) is 17.9. The molecule has 1 aliphatic heterocycles. The maximum Gasteiger partial charge on any atom is 0.317 e. The van der Waals surface area contributed by atoms with Crippen LogP contribution in [0.15, 0.2) is 36.5 Å². The van der Waals surface area contributed by atoms with Crippen LogP contribution in [0.25, 0.3) is 0 Å². The Labute approximate surface area is 152 Å². The van der Waals surface area contributed by atoms with E-state index in [-0.39, 0.29) is 29.2 Å². The van der Waals surface area contributed by atoms with Crippen molar-refractivity contribution in [1.82, 2.24) is 30.5 Å². The van der Waals surface area contributed by atoms with Gasteiger partial charge in [0, 0.05) is 25.2 Å². The van der Waals surface area contributed by atoms with Crippen molar-refractivity contribution in [2.24, 2.45) is 0 Å². The molecule has 8 nitrogen and oxygen atoms in total. The summed E-state index contributed by atoms with van der Waals surface area (Å²) in [5.41, 5.74) is 1.03. The summed E-state index contributed by atoms with van der Waals surface area (Å²) in [5.74, 6) is -0.262. The van der Waals surface area contributed by atoms with Gasteiger partial charge in [-0.05, 0) is 26.3 Å². The van der Waals surface area contributed by atoms with Crippen LogP contribution in [0.5, 0.6) is 0 Å². The zero-order chi connectivity index (χ0) is 18.7. The van der Waals surface area contributed by atoms with Crippen molar-refractivity contribution >= 4 is 11.9 Å². The molecule has 138 valence electrons. The molecule has 0 radical (unpaired) electrons. The molecule has 0 atom stereocenters. The summed E-state index contributed by atoms with van der Waals surface area (Å²) >= 11 is 0. The van der Waals surface area contributed by atoms with E-state index in [0.29, 0.717) is 19.6 Å². The molecule has 0 bridgehead atoms. The van der Waals surface area contributed by atoms with Crippen LogP contribution in [0, 0.1) is 0 Å². The number of hydrogen-bond donors (Lipinski definition) is 2. The number of likely N-dealkylation sites (tertiary alicyclic amines) is 1. The lowest BCUT2D eigenvalue weighted by atomic mass is 10.1. The quantitative estimate of drug-likeness (QED) is 0.870. The number of benzene rings is 1. The molecular weight excluding hydrogens is 332 g/mol. The lowest BCUT2D eigenvalue weighted by Crippen LogP contribution is -2.57. The third-order valence-corrected chi connectivity index (χ3v) is 4.04. The number of nitrogens with zero attached hydrogens (tertiary/aromatic N) is 4. The molecule has 0 spiro atoms. The van der Waals surface area contributed by atoms with Crippen molar-refractivity contribution in [2.75, 3.05) is 13.1 Å². The Balaban J connectivity index is 1.49. The number of rotatable bonds is 4. The Morgan fingerprint density at radius 1 is 1.19 bits per heavy atom. The average Bonchev–Trinajstić information content (AvgIpc) is 3.00. The van der Waals surface area contributed by atoms with Gasteiger partial charge in [-0.25, -0.2) is 9.48 Å². The van der Waals surface area contributed by atoms with Crippen LogP contribution < -0.4 is 10.6 Å². The molecule has 1 fully saturated rings. The normalized spacial score (nSPS) is 14.7. The van der Waals surface area contributed by atoms with Crippen LogP contribution in [0.1, 0.15) is 42.9 Å². The van der Waals surface area contributed by atoms with Crippen molar-refractivity contribution in [3.63, 3.8) is 0 Å². The van der Waals surface area contributed by atoms with Gasteiger partial charge in [-0.2, -0.15) is 0 Å². The molecule has 0 saturated carbocycles. The Kier molecular flexibility index (Phi) is 4.92. The molecule has 3 amide bonds. The SMILES string of the molecule is CC(C)(C)NC(=O)N1CC(n2cc(C(=O)NCc3ccccc3)nn2)C1. The van der Waals surface area contributed by atoms with Crippen molar-refractivity contribution in [3.05, 3.63) is 47.8 Å². The van der Waals surface area contributed by atoms with Crippen LogP contribution in [0.3, 0.4) is 0 Å². The van der Waals surface area contributed by atoms with E-state index in [9.17, 15) is 9.59 Å². The largest absolute Gasteiger partial charge is 0.347 e. The molecule has 2 N–H and O–H groups in total. The average molecular weight is 356 g/mol. The van der Waals surface area contributed by atoms with Crippen molar-refractivity contribution in [1.29, 1.82) is 0 Å². The number of amides is 3. The number of urea groups is 1. The van der Waals surface area contributed by atoms with Gasteiger partial charge in [0.25, 0.3) is 5.91 Å². The number of carbonyl (C=O) groups excluding carboxylic acids is 2. The Morgan fingerprint density at radius 2 is 1.88 bits per heavy atom. The summed E-state index contributed by atoms with van der Waals surface area (Å²) in [4.78, 5) is 26.0. The number of nitrogens with one attached hydrogen (secondary N) is 2. The van der Waals surface area contributed by atoms with Gasteiger partial charge >= 0.3 is 6.03 Å². The molecule has 1 aliphatic rings. The summed E-state index contributed by atoms with van der Waals surface area (Å²) in [6.45, 7) is 7.38. The summed E-state index contributed by atoms with van der Waals surface area (Å²) in [6, 6.07) is 9.64. The topological polar surface area (TPSA) is 92.2 Å². The lowest BCUT2D eigenvalue weighted by Gasteiger charge is -2.40. The minimum absolute atomic E-state index is 0.0453. The van der Waals surface area contributed by atoms with E-state index in [0.717, 1.165) is 5.56 Å². The second-order valence-electron chi connectivity index (χ2n) is 7.49. The molecule has 0 unspecified atom stereocenters. The van der Waals surface area contributed by atoms with E-state index >= 15 is 0 Å². The fourth-order valence-electron chi connectivity index (χ4n) is 2.62. The summed E-state index contributed by atoms with van der Waals surface area (Å²) < 4.78 is 1.65. The summed E-state index contributed by atoms with van der Waals surface area (Å²) in [6.07, 6.45) is 1.63. The number of aromatic nitrogens is 3. The summed E-state index contributed by atoms with van der Waals surface area (Å²) in [7, 11) is 0. The molecule has 8 heteroatoms. The minimum atomic E-state index is -0.264. The zero-order valence-corrected chi connectivity index (χ0v) is 15.3. The minimum Gasteiger partial charge on any atom is -0.347 e. The van der Waals surface area contributed by atoms with Gasteiger partial charge in [0.2, 0.25) is 0 Å². The fourth-order valence-corrected chi connectivity index (χ4v) is 2.62. The van der Waals surface area contributed by atoms with Gasteiger partial charge in [-0.3, -0.25) is 4.79 Å². The van der Waals surface area contributed by atoms with E-state index in [2.05, 4.69) is 20.9 Å². The van der Waals surface area contributed by atoms with E-state index in [1.165, 1.54) is 0 Å². The van der Waals surface area contributed by atoms with Crippen LogP contribution in [-0.4, -0.2) is 50.5 Å².